The van der Waals surface area contributed by atoms with Crippen molar-refractivity contribution in [3.8, 4) is 11.1 Å². The Morgan fingerprint density at radius 3 is 1.97 bits per heavy atom. The summed E-state index contributed by atoms with van der Waals surface area (Å²) in [7, 11) is 0. The molecule has 4 N–H and O–H groups in total. The maximum Gasteiger partial charge on any atom is 0.357 e. The third-order valence-electron chi connectivity index (χ3n) is 6.26. The van der Waals surface area contributed by atoms with Crippen molar-refractivity contribution in [2.45, 2.75) is 96.8 Å². The van der Waals surface area contributed by atoms with Crippen LogP contribution in [0.2, 0.25) is 0 Å². The fraction of sp³-hybridized carbons (Fsp3) is 0.593. The van der Waals surface area contributed by atoms with Crippen LogP contribution in [0.3, 0.4) is 0 Å². The number of aromatic carboxylic acids is 1. The van der Waals surface area contributed by atoms with Crippen LogP contribution >= 0.6 is 0 Å². The minimum absolute atomic E-state index is 0.0421. The molecule has 0 unspecified atom stereocenters. The fourth-order valence-electron chi connectivity index (χ4n) is 4.28. The third-order valence-corrected chi connectivity index (χ3v) is 6.26. The van der Waals surface area contributed by atoms with Gasteiger partial charge in [-0.15, -0.1) is 5.10 Å². The Bertz CT molecular complexity index is 929. The zero-order chi connectivity index (χ0) is 25.5. The standard InChI is InChI=1S/C27H41FN4O3/c1-2-3-4-5-6-7-8-9-10-11-12-13-14-15-18-30-32-20-24(25(31-32)27(34)35)23-19-21(28)16-17-22(23)26(29)33/h16-17,19-20,30H,2-15,18H2,1H3,(H2,29,33)(H,34,35). The summed E-state index contributed by atoms with van der Waals surface area (Å²) < 4.78 is 13.8. The molecule has 0 spiro atoms. The van der Waals surface area contributed by atoms with E-state index in [0.717, 1.165) is 25.0 Å². The number of aromatic nitrogens is 2. The first-order valence-electron chi connectivity index (χ1n) is 13.1. The number of benzene rings is 1. The Kier molecular flexibility index (Phi) is 12.9. The van der Waals surface area contributed by atoms with Crippen LogP contribution in [0, 0.1) is 5.82 Å². The number of unbranched alkanes of at least 4 members (excludes halogenated alkanes) is 13. The number of rotatable bonds is 19. The van der Waals surface area contributed by atoms with Crippen LogP contribution in [-0.2, 0) is 0 Å². The highest BCUT2D eigenvalue weighted by Crippen LogP contribution is 2.27. The van der Waals surface area contributed by atoms with E-state index < -0.39 is 17.7 Å². The van der Waals surface area contributed by atoms with Crippen molar-refractivity contribution in [2.24, 2.45) is 5.73 Å². The molecule has 0 atom stereocenters. The number of halogens is 1. The van der Waals surface area contributed by atoms with E-state index in [-0.39, 0.29) is 22.4 Å². The lowest BCUT2D eigenvalue weighted by atomic mass is 9.99. The Morgan fingerprint density at radius 1 is 0.914 bits per heavy atom. The molecule has 0 radical (unpaired) electrons. The molecule has 0 bridgehead atoms. The minimum atomic E-state index is -1.27. The molecule has 0 fully saturated rings. The molecule has 8 heteroatoms. The van der Waals surface area contributed by atoms with Gasteiger partial charge in [0.25, 0.3) is 0 Å². The molecule has 1 amide bonds. The van der Waals surface area contributed by atoms with Gasteiger partial charge in [0.1, 0.15) is 5.82 Å². The van der Waals surface area contributed by atoms with Crippen molar-refractivity contribution in [2.75, 3.05) is 12.0 Å². The highest BCUT2D eigenvalue weighted by molar-refractivity contribution is 6.03. The maximum absolute atomic E-state index is 13.8. The highest BCUT2D eigenvalue weighted by Gasteiger charge is 2.22. The van der Waals surface area contributed by atoms with E-state index in [4.69, 9.17) is 5.73 Å². The lowest BCUT2D eigenvalue weighted by molar-refractivity contribution is 0.0690. The lowest BCUT2D eigenvalue weighted by Crippen LogP contribution is -2.17. The average Bonchev–Trinajstić information content (AvgIpc) is 3.26. The predicted molar refractivity (Wildman–Crippen MR) is 138 cm³/mol. The van der Waals surface area contributed by atoms with Crippen LogP contribution in [0.15, 0.2) is 24.4 Å². The van der Waals surface area contributed by atoms with Crippen LogP contribution in [-0.4, -0.2) is 33.4 Å². The first-order valence-corrected chi connectivity index (χ1v) is 13.1. The lowest BCUT2D eigenvalue weighted by Gasteiger charge is -2.07. The predicted octanol–water partition coefficient (Wildman–Crippen LogP) is 6.51. The second-order valence-electron chi connectivity index (χ2n) is 9.20. The van der Waals surface area contributed by atoms with E-state index in [1.54, 1.807) is 0 Å². The summed E-state index contributed by atoms with van der Waals surface area (Å²) in [5.74, 6) is -2.62. The molecule has 35 heavy (non-hydrogen) atoms. The number of carboxylic acids is 1. The van der Waals surface area contributed by atoms with Crippen LogP contribution in [0.5, 0.6) is 0 Å². The third kappa shape index (κ3) is 10.1. The number of carbonyl (C=O) groups is 2. The molecule has 0 saturated carbocycles. The number of nitrogens with one attached hydrogen (secondary N) is 1. The van der Waals surface area contributed by atoms with E-state index in [1.165, 1.54) is 94.1 Å². The second-order valence-corrected chi connectivity index (χ2v) is 9.20. The quantitative estimate of drug-likeness (QED) is 0.195. The Hall–Kier alpha value is -2.90. The van der Waals surface area contributed by atoms with Gasteiger partial charge in [0.15, 0.2) is 5.69 Å². The van der Waals surface area contributed by atoms with E-state index in [1.807, 2.05) is 0 Å². The van der Waals surface area contributed by atoms with Gasteiger partial charge in [0, 0.05) is 23.2 Å². The summed E-state index contributed by atoms with van der Waals surface area (Å²) in [6, 6.07) is 3.46. The zero-order valence-electron chi connectivity index (χ0n) is 21.0. The van der Waals surface area contributed by atoms with E-state index in [2.05, 4.69) is 17.4 Å². The van der Waals surface area contributed by atoms with Crippen molar-refractivity contribution < 1.29 is 19.1 Å². The van der Waals surface area contributed by atoms with Crippen molar-refractivity contribution in [1.29, 1.82) is 0 Å². The summed E-state index contributed by atoms with van der Waals surface area (Å²) in [5.41, 5.74) is 8.47. The fourth-order valence-corrected chi connectivity index (χ4v) is 4.28. The van der Waals surface area contributed by atoms with Gasteiger partial charge in [-0.2, -0.15) is 4.79 Å². The molecule has 1 heterocycles. The number of carbonyl (C=O) groups excluding carboxylic acids is 1. The Morgan fingerprint density at radius 2 is 1.46 bits per heavy atom. The molecule has 1 aromatic carbocycles. The van der Waals surface area contributed by atoms with Crippen LogP contribution in [0.4, 0.5) is 4.39 Å². The normalized spacial score (nSPS) is 11.0. The summed E-state index contributed by atoms with van der Waals surface area (Å²) in [6.07, 6.45) is 19.4. The summed E-state index contributed by atoms with van der Waals surface area (Å²) >= 11 is 0. The molecular weight excluding hydrogens is 447 g/mol. The largest absolute Gasteiger partial charge is 0.476 e. The van der Waals surface area contributed by atoms with Gasteiger partial charge in [-0.1, -0.05) is 90.4 Å². The SMILES string of the molecule is CCCCCCCCCCCCCCCCNn1cc(-c2cc(F)ccc2C(N)=O)c(C(=O)O)n1. The van der Waals surface area contributed by atoms with E-state index in [9.17, 15) is 19.1 Å². The minimum Gasteiger partial charge on any atom is -0.476 e. The van der Waals surface area contributed by atoms with Crippen molar-refractivity contribution >= 4 is 11.9 Å². The summed E-state index contributed by atoms with van der Waals surface area (Å²) in [5, 5.41) is 13.6. The van der Waals surface area contributed by atoms with Crippen molar-refractivity contribution in [3.05, 3.63) is 41.5 Å². The van der Waals surface area contributed by atoms with Gasteiger partial charge in [-0.25, -0.2) is 9.18 Å². The van der Waals surface area contributed by atoms with Crippen LogP contribution in [0.1, 0.15) is 118 Å². The molecule has 0 aliphatic heterocycles. The van der Waals surface area contributed by atoms with Gasteiger partial charge >= 0.3 is 5.97 Å². The van der Waals surface area contributed by atoms with Crippen molar-refractivity contribution in [3.63, 3.8) is 0 Å². The van der Waals surface area contributed by atoms with Gasteiger partial charge in [0.2, 0.25) is 5.91 Å². The Balaban J connectivity index is 1.68. The Labute approximate surface area is 208 Å². The average molecular weight is 489 g/mol. The van der Waals surface area contributed by atoms with Crippen LogP contribution in [0.25, 0.3) is 11.1 Å². The molecule has 194 valence electrons. The molecule has 2 aromatic rings. The molecule has 2 rings (SSSR count). The topological polar surface area (TPSA) is 110 Å². The summed E-state index contributed by atoms with van der Waals surface area (Å²) in [4.78, 5) is 24.7. The number of amides is 1. The molecule has 0 saturated heterocycles. The number of hydrogen-bond acceptors (Lipinski definition) is 4. The summed E-state index contributed by atoms with van der Waals surface area (Å²) in [6.45, 7) is 2.88. The monoisotopic (exact) mass is 488 g/mol. The molecule has 7 nitrogen and oxygen atoms in total. The first kappa shape index (κ1) is 28.3. The molecule has 0 aliphatic carbocycles. The molecule has 0 aliphatic rings. The number of hydrogen-bond donors (Lipinski definition) is 3. The zero-order valence-corrected chi connectivity index (χ0v) is 21.0. The number of nitrogens with two attached hydrogens (primary N) is 1. The van der Waals surface area contributed by atoms with Gasteiger partial charge in [-0.3, -0.25) is 4.79 Å². The molecular formula is C27H41FN4O3. The van der Waals surface area contributed by atoms with Crippen molar-refractivity contribution in [1.82, 2.24) is 9.89 Å². The van der Waals surface area contributed by atoms with Gasteiger partial charge < -0.3 is 16.3 Å². The van der Waals surface area contributed by atoms with E-state index in [0.29, 0.717) is 6.54 Å². The number of carboxylic acid groups (broad SMARTS) is 1. The number of primary amides is 1. The molecule has 1 aromatic heterocycles. The maximum atomic E-state index is 13.8. The highest BCUT2D eigenvalue weighted by atomic mass is 19.1. The first-order chi connectivity index (χ1) is 16.9. The van der Waals surface area contributed by atoms with Gasteiger partial charge in [-0.05, 0) is 24.6 Å². The smallest absolute Gasteiger partial charge is 0.357 e. The van der Waals surface area contributed by atoms with E-state index >= 15 is 0 Å². The van der Waals surface area contributed by atoms with Crippen LogP contribution < -0.4 is 11.2 Å². The second kappa shape index (κ2) is 15.9. The van der Waals surface area contributed by atoms with Gasteiger partial charge in [0.05, 0.1) is 6.20 Å². The number of nitrogens with zero attached hydrogens (tertiary/aromatic N) is 2.